The van der Waals surface area contributed by atoms with E-state index >= 15 is 0 Å². The molecule has 0 heterocycles. The van der Waals surface area contributed by atoms with Crippen LogP contribution in [0.2, 0.25) is 0 Å². The van der Waals surface area contributed by atoms with Gasteiger partial charge in [-0.3, -0.25) is 0 Å². The summed E-state index contributed by atoms with van der Waals surface area (Å²) in [5, 5.41) is 0. The molecule has 2 unspecified atom stereocenters. The van der Waals surface area contributed by atoms with E-state index in [1.165, 1.54) is 16.4 Å². The van der Waals surface area contributed by atoms with E-state index in [9.17, 15) is 12.8 Å². The molecule has 0 radical (unpaired) electrons. The average molecular weight is 314 g/mol. The first-order valence-electron chi connectivity index (χ1n) is 7.39. The van der Waals surface area contributed by atoms with Gasteiger partial charge in [0.1, 0.15) is 10.7 Å². The smallest absolute Gasteiger partial charge is 0.246 e. The minimum atomic E-state index is -3.83. The molecule has 118 valence electrons. The Hall–Kier alpha value is -0.980. The highest BCUT2D eigenvalue weighted by molar-refractivity contribution is 7.89. The number of rotatable bonds is 5. The van der Waals surface area contributed by atoms with Gasteiger partial charge in [-0.05, 0) is 49.9 Å². The Bertz CT molecular complexity index is 604. The third-order valence-corrected chi connectivity index (χ3v) is 6.29. The van der Waals surface area contributed by atoms with E-state index in [0.717, 1.165) is 24.8 Å². The predicted molar refractivity (Wildman–Crippen MR) is 80.9 cm³/mol. The zero-order valence-corrected chi connectivity index (χ0v) is 13.4. The summed E-state index contributed by atoms with van der Waals surface area (Å²) in [6.07, 6.45) is 2.70. The van der Waals surface area contributed by atoms with Gasteiger partial charge in [-0.15, -0.1) is 0 Å². The molecule has 0 aliphatic heterocycles. The second-order valence-corrected chi connectivity index (χ2v) is 7.50. The molecule has 0 saturated heterocycles. The Kier molecular flexibility index (Phi) is 5.01. The minimum absolute atomic E-state index is 0.120. The fraction of sp³-hybridized carbons (Fsp3) is 0.600. The zero-order chi connectivity index (χ0) is 15.6. The van der Waals surface area contributed by atoms with Crippen LogP contribution in [0.3, 0.4) is 0 Å². The van der Waals surface area contributed by atoms with Gasteiger partial charge in [0.25, 0.3) is 0 Å². The van der Waals surface area contributed by atoms with Gasteiger partial charge < -0.3 is 5.73 Å². The van der Waals surface area contributed by atoms with Crippen molar-refractivity contribution in [2.45, 2.75) is 44.0 Å². The van der Waals surface area contributed by atoms with Crippen molar-refractivity contribution in [2.24, 2.45) is 11.7 Å². The van der Waals surface area contributed by atoms with E-state index in [0.29, 0.717) is 13.1 Å². The fourth-order valence-electron chi connectivity index (χ4n) is 3.19. The summed E-state index contributed by atoms with van der Waals surface area (Å²) >= 11 is 0. The van der Waals surface area contributed by atoms with Gasteiger partial charge >= 0.3 is 0 Å². The molecule has 0 aromatic heterocycles. The lowest BCUT2D eigenvalue weighted by Crippen LogP contribution is -2.44. The van der Waals surface area contributed by atoms with Crippen molar-refractivity contribution >= 4 is 10.0 Å². The fourth-order valence-corrected chi connectivity index (χ4v) is 5.06. The average Bonchev–Trinajstić information content (AvgIpc) is 2.90. The van der Waals surface area contributed by atoms with E-state index in [-0.39, 0.29) is 16.9 Å². The number of nitrogens with zero attached hydrogens (tertiary/aromatic N) is 1. The topological polar surface area (TPSA) is 63.4 Å². The van der Waals surface area contributed by atoms with Crippen LogP contribution in [0.4, 0.5) is 4.39 Å². The molecule has 2 rings (SSSR count). The summed E-state index contributed by atoms with van der Waals surface area (Å²) in [7, 11) is -3.83. The van der Waals surface area contributed by atoms with E-state index < -0.39 is 15.8 Å². The monoisotopic (exact) mass is 314 g/mol. The van der Waals surface area contributed by atoms with Crippen molar-refractivity contribution in [3.8, 4) is 0 Å². The molecule has 0 spiro atoms. The number of halogens is 1. The molecular weight excluding hydrogens is 291 g/mol. The highest BCUT2D eigenvalue weighted by atomic mass is 32.2. The van der Waals surface area contributed by atoms with E-state index in [4.69, 9.17) is 5.73 Å². The second-order valence-electron chi connectivity index (χ2n) is 5.64. The van der Waals surface area contributed by atoms with Gasteiger partial charge in [0.05, 0.1) is 0 Å². The van der Waals surface area contributed by atoms with Crippen molar-refractivity contribution in [2.75, 3.05) is 13.1 Å². The lowest BCUT2D eigenvalue weighted by molar-refractivity contribution is 0.275. The summed E-state index contributed by atoms with van der Waals surface area (Å²) in [4.78, 5) is -0.230. The Morgan fingerprint density at radius 3 is 2.71 bits per heavy atom. The first-order valence-corrected chi connectivity index (χ1v) is 8.83. The van der Waals surface area contributed by atoms with Gasteiger partial charge in [-0.25, -0.2) is 12.8 Å². The number of benzene rings is 1. The number of hydrogen-bond donors (Lipinski definition) is 1. The van der Waals surface area contributed by atoms with Crippen LogP contribution >= 0.6 is 0 Å². The molecular formula is C15H23FN2O2S. The molecule has 6 heteroatoms. The Morgan fingerprint density at radius 2 is 2.10 bits per heavy atom. The lowest BCUT2D eigenvalue weighted by atomic mass is 10.0. The van der Waals surface area contributed by atoms with Crippen molar-refractivity contribution in [3.63, 3.8) is 0 Å². The lowest BCUT2D eigenvalue weighted by Gasteiger charge is -2.31. The van der Waals surface area contributed by atoms with Crippen molar-refractivity contribution in [1.29, 1.82) is 0 Å². The molecule has 0 bridgehead atoms. The van der Waals surface area contributed by atoms with Gasteiger partial charge in [0, 0.05) is 12.6 Å². The van der Waals surface area contributed by atoms with Crippen LogP contribution < -0.4 is 5.73 Å². The maximum atomic E-state index is 14.0. The molecule has 0 amide bonds. The van der Waals surface area contributed by atoms with E-state index in [2.05, 4.69) is 0 Å². The molecule has 1 aromatic carbocycles. The molecule has 1 aliphatic carbocycles. The van der Waals surface area contributed by atoms with Crippen LogP contribution in [0, 0.1) is 18.7 Å². The van der Waals surface area contributed by atoms with Crippen LogP contribution in [0.5, 0.6) is 0 Å². The van der Waals surface area contributed by atoms with Gasteiger partial charge in [-0.2, -0.15) is 4.31 Å². The molecule has 2 N–H and O–H groups in total. The number of aryl methyl sites for hydroxylation is 1. The van der Waals surface area contributed by atoms with Gasteiger partial charge in [0.15, 0.2) is 0 Å². The largest absolute Gasteiger partial charge is 0.330 e. The summed E-state index contributed by atoms with van der Waals surface area (Å²) in [6, 6.07) is 4.07. The maximum absolute atomic E-state index is 14.0. The van der Waals surface area contributed by atoms with E-state index in [1.54, 1.807) is 19.9 Å². The van der Waals surface area contributed by atoms with Crippen LogP contribution in [0.15, 0.2) is 23.1 Å². The Labute approximate surface area is 126 Å². The highest BCUT2D eigenvalue weighted by Gasteiger charge is 2.38. The maximum Gasteiger partial charge on any atom is 0.246 e. The van der Waals surface area contributed by atoms with Gasteiger partial charge in [-0.1, -0.05) is 19.4 Å². The SMILES string of the molecule is CCN(C1CCCC1CN)S(=O)(=O)c1cc(C)ccc1F. The second kappa shape index (κ2) is 6.42. The zero-order valence-electron chi connectivity index (χ0n) is 12.5. The third kappa shape index (κ3) is 3.12. The Morgan fingerprint density at radius 1 is 1.38 bits per heavy atom. The molecule has 2 atom stereocenters. The van der Waals surface area contributed by atoms with E-state index in [1.807, 2.05) is 0 Å². The van der Waals surface area contributed by atoms with Crippen molar-refractivity contribution in [1.82, 2.24) is 4.31 Å². The summed E-state index contributed by atoms with van der Waals surface area (Å²) in [5.41, 5.74) is 6.49. The molecule has 21 heavy (non-hydrogen) atoms. The number of hydrogen-bond acceptors (Lipinski definition) is 3. The number of sulfonamides is 1. The van der Waals surface area contributed by atoms with Crippen LogP contribution in [-0.2, 0) is 10.0 Å². The third-order valence-electron chi connectivity index (χ3n) is 4.28. The van der Waals surface area contributed by atoms with Gasteiger partial charge in [0.2, 0.25) is 10.0 Å². The molecule has 1 aliphatic rings. The quantitative estimate of drug-likeness (QED) is 0.907. The molecule has 4 nitrogen and oxygen atoms in total. The van der Waals surface area contributed by atoms with Crippen LogP contribution in [0.1, 0.15) is 31.7 Å². The number of nitrogens with two attached hydrogens (primary N) is 1. The first-order chi connectivity index (χ1) is 9.91. The molecule has 1 saturated carbocycles. The standard InChI is InChI=1S/C15H23FN2O2S/c1-3-18(14-6-4-5-12(14)10-17)21(19,20)15-9-11(2)7-8-13(15)16/h7-9,12,14H,3-6,10,17H2,1-2H3. The van der Waals surface area contributed by atoms with Crippen LogP contribution in [0.25, 0.3) is 0 Å². The first kappa shape index (κ1) is 16.4. The molecule has 1 aromatic rings. The summed E-state index contributed by atoms with van der Waals surface area (Å²) in [6.45, 7) is 4.34. The normalized spacial score (nSPS) is 22.9. The summed E-state index contributed by atoms with van der Waals surface area (Å²) < 4.78 is 41.1. The minimum Gasteiger partial charge on any atom is -0.330 e. The molecule has 1 fully saturated rings. The summed E-state index contributed by atoms with van der Waals surface area (Å²) in [5.74, 6) is -0.533. The highest BCUT2D eigenvalue weighted by Crippen LogP contribution is 2.33. The van der Waals surface area contributed by atoms with Crippen molar-refractivity contribution < 1.29 is 12.8 Å². The van der Waals surface area contributed by atoms with Crippen molar-refractivity contribution in [3.05, 3.63) is 29.6 Å². The predicted octanol–water partition coefficient (Wildman–Crippen LogP) is 2.27. The van der Waals surface area contributed by atoms with Crippen LogP contribution in [-0.4, -0.2) is 31.9 Å². The Balaban J connectivity index is 2.42.